The van der Waals surface area contributed by atoms with Crippen molar-refractivity contribution in [1.29, 1.82) is 0 Å². The Hall–Kier alpha value is -2.46. The molecule has 5 rings (SSSR count). The third-order valence-corrected chi connectivity index (χ3v) is 6.11. The van der Waals surface area contributed by atoms with Crippen molar-refractivity contribution in [1.82, 2.24) is 4.98 Å². The minimum absolute atomic E-state index is 0.0251. The minimum atomic E-state index is -0.0251. The van der Waals surface area contributed by atoms with Gasteiger partial charge in [0.05, 0.1) is 11.2 Å². The third-order valence-electron chi connectivity index (χ3n) is 5.58. The highest BCUT2D eigenvalue weighted by atomic mass is 79.9. The number of ketones is 1. The van der Waals surface area contributed by atoms with E-state index in [0.29, 0.717) is 6.42 Å². The Labute approximate surface area is 166 Å². The van der Waals surface area contributed by atoms with Crippen LogP contribution in [0.3, 0.4) is 0 Å². The number of carbonyl (C=O) groups is 1. The van der Waals surface area contributed by atoms with Crippen LogP contribution in [-0.2, 0) is 4.79 Å². The van der Waals surface area contributed by atoms with Gasteiger partial charge in [0, 0.05) is 39.2 Å². The predicted molar refractivity (Wildman–Crippen MR) is 112 cm³/mol. The number of anilines is 1. The molecule has 134 valence electrons. The van der Waals surface area contributed by atoms with Gasteiger partial charge in [0.2, 0.25) is 0 Å². The van der Waals surface area contributed by atoms with Gasteiger partial charge in [-0.1, -0.05) is 34.1 Å². The van der Waals surface area contributed by atoms with Gasteiger partial charge >= 0.3 is 0 Å². The van der Waals surface area contributed by atoms with Gasteiger partial charge in [-0.3, -0.25) is 9.78 Å². The molecule has 3 aromatic rings. The molecule has 1 N–H and O–H groups in total. The van der Waals surface area contributed by atoms with Crippen molar-refractivity contribution in [3.05, 3.63) is 81.1 Å². The van der Waals surface area contributed by atoms with Crippen molar-refractivity contribution in [2.24, 2.45) is 0 Å². The summed E-state index contributed by atoms with van der Waals surface area (Å²) in [5.74, 6) is 0.243. The standard InChI is InChI=1S/C23H19BrN2O/c1-13-5-10-16-18(25-13)12-11-17-21(14-6-8-15(24)9-7-14)22-19(26-23(16)17)3-2-4-20(22)27/h5-12,21,26H,2-4H2,1H3/t21-/m0/s1. The molecule has 0 bridgehead atoms. The van der Waals surface area contributed by atoms with Gasteiger partial charge in [-0.15, -0.1) is 0 Å². The number of carbonyl (C=O) groups excluding carboxylic acids is 1. The molecule has 0 radical (unpaired) electrons. The van der Waals surface area contributed by atoms with Crippen LogP contribution in [0.25, 0.3) is 10.9 Å². The van der Waals surface area contributed by atoms with Crippen LogP contribution >= 0.6 is 15.9 Å². The fourth-order valence-corrected chi connectivity index (χ4v) is 4.60. The van der Waals surface area contributed by atoms with E-state index >= 15 is 0 Å². The Balaban J connectivity index is 1.79. The van der Waals surface area contributed by atoms with Crippen molar-refractivity contribution >= 4 is 38.3 Å². The summed E-state index contributed by atoms with van der Waals surface area (Å²) in [5, 5.41) is 4.73. The summed E-state index contributed by atoms with van der Waals surface area (Å²) in [6, 6.07) is 16.7. The molecule has 1 aliphatic heterocycles. The van der Waals surface area contributed by atoms with E-state index < -0.39 is 0 Å². The van der Waals surface area contributed by atoms with Crippen LogP contribution in [0.5, 0.6) is 0 Å². The lowest BCUT2D eigenvalue weighted by molar-refractivity contribution is -0.116. The van der Waals surface area contributed by atoms with Crippen molar-refractivity contribution in [2.75, 3.05) is 5.32 Å². The van der Waals surface area contributed by atoms with E-state index in [1.165, 1.54) is 0 Å². The molecule has 0 fully saturated rings. The van der Waals surface area contributed by atoms with Gasteiger partial charge < -0.3 is 5.32 Å². The Morgan fingerprint density at radius 2 is 1.85 bits per heavy atom. The van der Waals surface area contributed by atoms with E-state index in [1.807, 2.05) is 6.92 Å². The fourth-order valence-electron chi connectivity index (χ4n) is 4.34. The maximum absolute atomic E-state index is 12.9. The van der Waals surface area contributed by atoms with Crippen LogP contribution < -0.4 is 5.32 Å². The van der Waals surface area contributed by atoms with E-state index in [0.717, 1.165) is 62.0 Å². The number of Topliss-reactive ketones (excluding diaryl/α,β-unsaturated/α-hetero) is 1. The number of pyridine rings is 1. The summed E-state index contributed by atoms with van der Waals surface area (Å²) in [4.78, 5) is 17.6. The number of nitrogens with one attached hydrogen (secondary N) is 1. The molecular formula is C23H19BrN2O. The topological polar surface area (TPSA) is 42.0 Å². The molecule has 1 aromatic heterocycles. The highest BCUT2D eigenvalue weighted by Gasteiger charge is 2.35. The van der Waals surface area contributed by atoms with Crippen molar-refractivity contribution in [2.45, 2.75) is 32.1 Å². The van der Waals surface area contributed by atoms with Gasteiger partial charge in [0.15, 0.2) is 5.78 Å². The maximum atomic E-state index is 12.9. The monoisotopic (exact) mass is 418 g/mol. The minimum Gasteiger partial charge on any atom is -0.358 e. The first-order chi connectivity index (χ1) is 13.1. The van der Waals surface area contributed by atoms with Crippen LogP contribution in [-0.4, -0.2) is 10.8 Å². The molecule has 2 aliphatic rings. The summed E-state index contributed by atoms with van der Waals surface area (Å²) >= 11 is 3.52. The first-order valence-corrected chi connectivity index (χ1v) is 10.1. The van der Waals surface area contributed by atoms with Crippen LogP contribution in [0.15, 0.2) is 64.3 Å². The summed E-state index contributed by atoms with van der Waals surface area (Å²) in [7, 11) is 0. The van der Waals surface area contributed by atoms with Crippen molar-refractivity contribution in [3.8, 4) is 0 Å². The molecule has 2 aromatic carbocycles. The largest absolute Gasteiger partial charge is 0.358 e. The highest BCUT2D eigenvalue weighted by molar-refractivity contribution is 9.10. The second kappa shape index (κ2) is 6.31. The number of halogens is 1. The molecule has 0 unspecified atom stereocenters. The zero-order valence-corrected chi connectivity index (χ0v) is 16.6. The molecule has 2 heterocycles. The Morgan fingerprint density at radius 3 is 2.67 bits per heavy atom. The third kappa shape index (κ3) is 2.71. The van der Waals surface area contributed by atoms with Gasteiger partial charge in [-0.2, -0.15) is 0 Å². The van der Waals surface area contributed by atoms with E-state index in [4.69, 9.17) is 0 Å². The van der Waals surface area contributed by atoms with Crippen LogP contribution in [0, 0.1) is 6.92 Å². The summed E-state index contributed by atoms with van der Waals surface area (Å²) in [6.07, 6.45) is 2.47. The highest BCUT2D eigenvalue weighted by Crippen LogP contribution is 2.47. The van der Waals surface area contributed by atoms with Crippen molar-refractivity contribution < 1.29 is 4.79 Å². The molecule has 1 atom stereocenters. The molecule has 1 aliphatic carbocycles. The van der Waals surface area contributed by atoms with Crippen LogP contribution in [0.4, 0.5) is 5.69 Å². The molecule has 0 spiro atoms. The SMILES string of the molecule is Cc1ccc2c3c(ccc2n1)[C@H](c1ccc(Br)cc1)C1=C(CCCC1=O)N3. The number of aryl methyl sites for hydroxylation is 1. The Bertz CT molecular complexity index is 1120. The summed E-state index contributed by atoms with van der Waals surface area (Å²) < 4.78 is 1.04. The Kier molecular flexibility index (Phi) is 3.90. The fraction of sp³-hybridized carbons (Fsp3) is 0.217. The number of benzene rings is 2. The average molecular weight is 419 g/mol. The molecule has 4 heteroatoms. The second-order valence-electron chi connectivity index (χ2n) is 7.33. The molecule has 0 saturated carbocycles. The van der Waals surface area contributed by atoms with Gasteiger partial charge in [-0.25, -0.2) is 0 Å². The number of allylic oxidation sites excluding steroid dienone is 2. The lowest BCUT2D eigenvalue weighted by Crippen LogP contribution is -2.27. The smallest absolute Gasteiger partial charge is 0.161 e. The first kappa shape index (κ1) is 16.7. The van der Waals surface area contributed by atoms with Gasteiger partial charge in [-0.05, 0) is 61.2 Å². The maximum Gasteiger partial charge on any atom is 0.161 e. The zero-order valence-electron chi connectivity index (χ0n) is 15.1. The molecule has 3 nitrogen and oxygen atoms in total. The lowest BCUT2D eigenvalue weighted by atomic mass is 9.75. The predicted octanol–water partition coefficient (Wildman–Crippen LogP) is 5.87. The van der Waals surface area contributed by atoms with E-state index in [9.17, 15) is 4.79 Å². The average Bonchev–Trinajstić information content (AvgIpc) is 2.67. The zero-order chi connectivity index (χ0) is 18.5. The summed E-state index contributed by atoms with van der Waals surface area (Å²) in [5.41, 5.74) is 7.43. The first-order valence-electron chi connectivity index (χ1n) is 9.31. The van der Waals surface area contributed by atoms with E-state index in [2.05, 4.69) is 74.8 Å². The van der Waals surface area contributed by atoms with E-state index in [1.54, 1.807) is 0 Å². The molecule has 27 heavy (non-hydrogen) atoms. The number of fused-ring (bicyclic) bond motifs is 3. The Morgan fingerprint density at radius 1 is 1.04 bits per heavy atom. The summed E-state index contributed by atoms with van der Waals surface area (Å²) in [6.45, 7) is 2.01. The number of hydrogen-bond donors (Lipinski definition) is 1. The molecule has 0 saturated heterocycles. The van der Waals surface area contributed by atoms with Gasteiger partial charge in [0.1, 0.15) is 0 Å². The normalized spacial score (nSPS) is 18.9. The quantitative estimate of drug-likeness (QED) is 0.537. The van der Waals surface area contributed by atoms with Crippen LogP contribution in [0.2, 0.25) is 0 Å². The van der Waals surface area contributed by atoms with Crippen LogP contribution in [0.1, 0.15) is 42.0 Å². The molecular weight excluding hydrogens is 400 g/mol. The number of nitrogens with zero attached hydrogens (tertiary/aromatic N) is 1. The molecule has 0 amide bonds. The number of aromatic nitrogens is 1. The number of hydrogen-bond acceptors (Lipinski definition) is 3. The number of rotatable bonds is 1. The van der Waals surface area contributed by atoms with Crippen molar-refractivity contribution in [3.63, 3.8) is 0 Å². The van der Waals surface area contributed by atoms with E-state index in [-0.39, 0.29) is 11.7 Å². The second-order valence-corrected chi connectivity index (χ2v) is 8.24. The van der Waals surface area contributed by atoms with Gasteiger partial charge in [0.25, 0.3) is 0 Å². The lowest BCUT2D eigenvalue weighted by Gasteiger charge is -2.34.